The lowest BCUT2D eigenvalue weighted by atomic mass is 9.67. The summed E-state index contributed by atoms with van der Waals surface area (Å²) in [6.45, 7) is 6.35. The van der Waals surface area contributed by atoms with Gasteiger partial charge >= 0.3 is 0 Å². The average Bonchev–Trinajstić information content (AvgIpc) is 1.55. The van der Waals surface area contributed by atoms with Crippen LogP contribution in [0.25, 0.3) is 110 Å². The van der Waals surface area contributed by atoms with Crippen molar-refractivity contribution in [1.29, 1.82) is 0 Å². The van der Waals surface area contributed by atoms with Crippen molar-refractivity contribution in [1.82, 2.24) is 4.57 Å². The van der Waals surface area contributed by atoms with Crippen molar-refractivity contribution in [3.8, 4) is 61.3 Å². The van der Waals surface area contributed by atoms with Gasteiger partial charge < -0.3 is 4.57 Å². The predicted molar refractivity (Wildman–Crippen MR) is 371 cm³/mol. The summed E-state index contributed by atoms with van der Waals surface area (Å²) in [4.78, 5) is 0. The fraction of sp³-hybridized carbons (Fsp3) is 0.0345. The normalized spacial score (nSPS) is 13.6. The summed E-state index contributed by atoms with van der Waals surface area (Å²) in [7, 11) is 0. The van der Waals surface area contributed by atoms with Gasteiger partial charge in [0, 0.05) is 16.5 Å². The second-order valence-corrected chi connectivity index (χ2v) is 23.9. The average molecular weight is 1120 g/mol. The van der Waals surface area contributed by atoms with Gasteiger partial charge in [-0.15, -0.1) is 0 Å². The molecule has 0 spiro atoms. The van der Waals surface area contributed by atoms with E-state index in [-0.39, 0.29) is 0 Å². The van der Waals surface area contributed by atoms with Crippen molar-refractivity contribution >= 4 is 48.9 Å². The SMILES string of the molecule is C=C/C=C(\C)c1c2ccccc2c(-c2ccccc2)c2cc(-n3c4ccc(-c5ccc6c(c5)C(c5ccccc5)(c5ccccc5)c5ccccc5-6)cc4c4cc(-c5ccc6c(c5)C(c5ccccc5)(c5ccccc5)c5ccccc5-6)ccc43)ccc12. The molecule has 0 unspecified atom stereocenters. The van der Waals surface area contributed by atoms with Crippen LogP contribution in [0.5, 0.6) is 0 Å². The molecule has 1 heteroatoms. The van der Waals surface area contributed by atoms with E-state index in [1.54, 1.807) is 0 Å². The molecule has 0 atom stereocenters. The van der Waals surface area contributed by atoms with E-state index in [0.717, 1.165) is 16.7 Å². The zero-order valence-electron chi connectivity index (χ0n) is 48.8. The molecule has 412 valence electrons. The van der Waals surface area contributed by atoms with Crippen molar-refractivity contribution in [2.45, 2.75) is 17.8 Å². The molecule has 2 aliphatic rings. The van der Waals surface area contributed by atoms with Crippen LogP contribution in [-0.4, -0.2) is 4.57 Å². The van der Waals surface area contributed by atoms with Gasteiger partial charge in [0.15, 0.2) is 0 Å². The maximum atomic E-state index is 4.14. The highest BCUT2D eigenvalue weighted by molar-refractivity contribution is 6.20. The highest BCUT2D eigenvalue weighted by Gasteiger charge is 2.47. The van der Waals surface area contributed by atoms with E-state index in [2.05, 4.69) is 340 Å². The van der Waals surface area contributed by atoms with E-state index in [9.17, 15) is 0 Å². The lowest BCUT2D eigenvalue weighted by molar-refractivity contribution is 0.769. The van der Waals surface area contributed by atoms with E-state index in [1.807, 2.05) is 6.08 Å². The molecule has 0 amide bonds. The number of allylic oxidation sites excluding steroid dienone is 3. The summed E-state index contributed by atoms with van der Waals surface area (Å²) in [5.41, 5.74) is 27.2. The maximum Gasteiger partial charge on any atom is 0.0713 e. The molecule has 2 aliphatic carbocycles. The van der Waals surface area contributed by atoms with Crippen LogP contribution in [0, 0.1) is 0 Å². The molecule has 0 radical (unpaired) electrons. The molecular weight excluding hydrogens is 1060 g/mol. The van der Waals surface area contributed by atoms with Gasteiger partial charge in [0.25, 0.3) is 0 Å². The van der Waals surface area contributed by atoms with Crippen LogP contribution in [-0.2, 0) is 10.8 Å². The van der Waals surface area contributed by atoms with Crippen molar-refractivity contribution in [3.63, 3.8) is 0 Å². The molecule has 0 saturated carbocycles. The summed E-state index contributed by atoms with van der Waals surface area (Å²) in [5, 5.41) is 7.26. The van der Waals surface area contributed by atoms with Gasteiger partial charge in [-0.1, -0.05) is 286 Å². The summed E-state index contributed by atoms with van der Waals surface area (Å²) >= 11 is 0. The summed E-state index contributed by atoms with van der Waals surface area (Å²) in [5.74, 6) is 0. The Kier molecular flexibility index (Phi) is 11.8. The van der Waals surface area contributed by atoms with Crippen LogP contribution in [0.15, 0.2) is 334 Å². The molecule has 88 heavy (non-hydrogen) atoms. The van der Waals surface area contributed by atoms with E-state index in [0.29, 0.717) is 0 Å². The molecule has 1 aromatic heterocycles. The topological polar surface area (TPSA) is 4.93 Å². The molecule has 1 heterocycles. The smallest absolute Gasteiger partial charge is 0.0713 e. The van der Waals surface area contributed by atoms with Crippen molar-refractivity contribution < 1.29 is 0 Å². The molecule has 17 rings (SSSR count). The Bertz CT molecular complexity index is 5000. The Morgan fingerprint density at radius 1 is 0.307 bits per heavy atom. The van der Waals surface area contributed by atoms with Gasteiger partial charge in [0.05, 0.1) is 21.9 Å². The maximum absolute atomic E-state index is 4.14. The van der Waals surface area contributed by atoms with Crippen LogP contribution in [0.4, 0.5) is 0 Å². The number of aromatic nitrogens is 1. The number of benzene rings is 14. The highest BCUT2D eigenvalue weighted by atomic mass is 15.0. The lowest BCUT2D eigenvalue weighted by Crippen LogP contribution is -2.28. The van der Waals surface area contributed by atoms with Crippen LogP contribution in [0.2, 0.25) is 0 Å². The van der Waals surface area contributed by atoms with Gasteiger partial charge in [-0.3, -0.25) is 0 Å². The van der Waals surface area contributed by atoms with Gasteiger partial charge in [-0.05, 0) is 188 Å². The summed E-state index contributed by atoms with van der Waals surface area (Å²) < 4.78 is 2.51. The Labute approximate surface area is 513 Å². The first-order chi connectivity index (χ1) is 43.5. The standard InChI is InChI=1S/C87H59N/c1-3-25-57(2)84-72-38-19-20-39-73(72)85(58-26-9-4-10-27-58)77-56-67(46-49-74(77)84)88-82-50-44-59(61-42-47-70-68-36-21-23-40-78(68)86(80(70)54-61,63-28-11-5-12-29-63)64-30-13-6-14-31-64)52-75(82)76-53-60(45-51-83(76)88)62-43-48-71-69-37-22-24-41-79(69)87(81(71)55-62,65-32-15-7-16-33-65)66-34-17-8-18-35-66/h3-56H,1H2,2H3/b57-25+. The van der Waals surface area contributed by atoms with Gasteiger partial charge in [0.1, 0.15) is 0 Å². The summed E-state index contributed by atoms with van der Waals surface area (Å²) in [6, 6.07) is 118. The number of rotatable bonds is 10. The fourth-order valence-corrected chi connectivity index (χ4v) is 15.8. The second-order valence-electron chi connectivity index (χ2n) is 23.9. The minimum atomic E-state index is -0.519. The second kappa shape index (κ2) is 20.3. The number of nitrogens with zero attached hydrogens (tertiary/aromatic N) is 1. The molecule has 0 fully saturated rings. The zero-order chi connectivity index (χ0) is 58.5. The summed E-state index contributed by atoms with van der Waals surface area (Å²) in [6.07, 6.45) is 4.05. The van der Waals surface area contributed by atoms with Gasteiger partial charge in [0.2, 0.25) is 0 Å². The number of hydrogen-bond acceptors (Lipinski definition) is 0. The molecule has 0 saturated heterocycles. The number of fused-ring (bicyclic) bond motifs is 11. The molecule has 15 aromatic rings. The Balaban J connectivity index is 0.918. The monoisotopic (exact) mass is 1120 g/mol. The molecule has 1 nitrogen and oxygen atoms in total. The molecule has 0 aliphatic heterocycles. The van der Waals surface area contributed by atoms with E-state index in [4.69, 9.17) is 0 Å². The Hall–Kier alpha value is -11.1. The van der Waals surface area contributed by atoms with Crippen LogP contribution in [0.3, 0.4) is 0 Å². The Morgan fingerprint density at radius 2 is 0.693 bits per heavy atom. The van der Waals surface area contributed by atoms with Gasteiger partial charge in [-0.2, -0.15) is 0 Å². The first kappa shape index (κ1) is 51.3. The van der Waals surface area contributed by atoms with Crippen molar-refractivity contribution in [2.75, 3.05) is 0 Å². The largest absolute Gasteiger partial charge is 0.309 e. The highest BCUT2D eigenvalue weighted by Crippen LogP contribution is 2.59. The van der Waals surface area contributed by atoms with Crippen LogP contribution in [0.1, 0.15) is 57.0 Å². The molecule has 14 aromatic carbocycles. The Morgan fingerprint density at radius 3 is 1.17 bits per heavy atom. The predicted octanol–water partition coefficient (Wildman–Crippen LogP) is 22.4. The van der Waals surface area contributed by atoms with Crippen molar-refractivity contribution in [2.24, 2.45) is 0 Å². The minimum Gasteiger partial charge on any atom is -0.309 e. The van der Waals surface area contributed by atoms with E-state index >= 15 is 0 Å². The quantitative estimate of drug-likeness (QED) is 0.0950. The molecule has 0 bridgehead atoms. The number of hydrogen-bond donors (Lipinski definition) is 0. The third-order valence-electron chi connectivity index (χ3n) is 19.4. The third kappa shape index (κ3) is 7.47. The molecule has 0 N–H and O–H groups in total. The third-order valence-corrected chi connectivity index (χ3v) is 19.4. The molecular formula is C87H59N. The van der Waals surface area contributed by atoms with Crippen molar-refractivity contribution in [3.05, 3.63) is 384 Å². The minimum absolute atomic E-state index is 0.519. The first-order valence-corrected chi connectivity index (χ1v) is 30.7. The van der Waals surface area contributed by atoms with Gasteiger partial charge in [-0.25, -0.2) is 0 Å². The van der Waals surface area contributed by atoms with E-state index < -0.39 is 10.8 Å². The first-order valence-electron chi connectivity index (χ1n) is 30.7. The fourth-order valence-electron chi connectivity index (χ4n) is 15.8. The van der Waals surface area contributed by atoms with Crippen LogP contribution < -0.4 is 0 Å². The van der Waals surface area contributed by atoms with Crippen LogP contribution >= 0.6 is 0 Å². The lowest BCUT2D eigenvalue weighted by Gasteiger charge is -2.34. The van der Waals surface area contributed by atoms with E-state index in [1.165, 1.54) is 144 Å². The zero-order valence-corrected chi connectivity index (χ0v) is 48.8.